The SMILES string of the molecule is CCCCC(C)Nc1nccn1C. The minimum atomic E-state index is 0.515. The van der Waals surface area contributed by atoms with Crippen LogP contribution in [0.15, 0.2) is 12.4 Å². The van der Waals surface area contributed by atoms with Crippen molar-refractivity contribution in [2.24, 2.45) is 7.05 Å². The number of anilines is 1. The second-order valence-corrected chi connectivity index (χ2v) is 3.55. The molecule has 1 atom stereocenters. The van der Waals surface area contributed by atoms with E-state index in [1.165, 1.54) is 19.3 Å². The van der Waals surface area contributed by atoms with E-state index in [-0.39, 0.29) is 0 Å². The number of hydrogen-bond acceptors (Lipinski definition) is 2. The van der Waals surface area contributed by atoms with E-state index >= 15 is 0 Å². The Morgan fingerprint density at radius 1 is 1.62 bits per heavy atom. The first-order valence-electron chi connectivity index (χ1n) is 4.98. The number of unbranched alkanes of at least 4 members (excludes halogenated alkanes) is 1. The highest BCUT2D eigenvalue weighted by Crippen LogP contribution is 2.07. The van der Waals surface area contributed by atoms with Gasteiger partial charge in [-0.2, -0.15) is 0 Å². The highest BCUT2D eigenvalue weighted by molar-refractivity contribution is 5.26. The molecule has 1 unspecified atom stereocenters. The number of aryl methyl sites for hydroxylation is 1. The number of imidazole rings is 1. The third-order valence-corrected chi connectivity index (χ3v) is 2.19. The van der Waals surface area contributed by atoms with Crippen molar-refractivity contribution in [1.82, 2.24) is 9.55 Å². The maximum absolute atomic E-state index is 4.22. The summed E-state index contributed by atoms with van der Waals surface area (Å²) in [7, 11) is 2.00. The van der Waals surface area contributed by atoms with Gasteiger partial charge in [0.1, 0.15) is 0 Å². The summed E-state index contributed by atoms with van der Waals surface area (Å²) in [6, 6.07) is 0.515. The van der Waals surface area contributed by atoms with Gasteiger partial charge in [-0.25, -0.2) is 4.98 Å². The van der Waals surface area contributed by atoms with Crippen LogP contribution in [0.2, 0.25) is 0 Å². The molecule has 1 N–H and O–H groups in total. The average molecular weight is 181 g/mol. The van der Waals surface area contributed by atoms with Gasteiger partial charge in [0.15, 0.2) is 0 Å². The van der Waals surface area contributed by atoms with E-state index in [9.17, 15) is 0 Å². The van der Waals surface area contributed by atoms with Crippen molar-refractivity contribution in [2.75, 3.05) is 5.32 Å². The fourth-order valence-corrected chi connectivity index (χ4v) is 1.31. The molecule has 0 bridgehead atoms. The molecule has 13 heavy (non-hydrogen) atoms. The molecule has 0 aliphatic heterocycles. The number of aromatic nitrogens is 2. The third kappa shape index (κ3) is 3.09. The highest BCUT2D eigenvalue weighted by Gasteiger charge is 2.03. The number of rotatable bonds is 5. The molecule has 0 saturated heterocycles. The van der Waals surface area contributed by atoms with Crippen molar-refractivity contribution in [2.45, 2.75) is 39.2 Å². The summed E-state index contributed by atoms with van der Waals surface area (Å²) >= 11 is 0. The first-order chi connectivity index (χ1) is 6.24. The van der Waals surface area contributed by atoms with E-state index in [0.29, 0.717) is 6.04 Å². The quantitative estimate of drug-likeness (QED) is 0.756. The van der Waals surface area contributed by atoms with E-state index in [1.807, 2.05) is 24.0 Å². The lowest BCUT2D eigenvalue weighted by Crippen LogP contribution is -2.17. The Kier molecular flexibility index (Phi) is 3.80. The number of nitrogens with zero attached hydrogens (tertiary/aromatic N) is 2. The zero-order valence-electron chi connectivity index (χ0n) is 8.75. The third-order valence-electron chi connectivity index (χ3n) is 2.19. The van der Waals surface area contributed by atoms with Crippen LogP contribution < -0.4 is 5.32 Å². The summed E-state index contributed by atoms with van der Waals surface area (Å²) in [6.07, 6.45) is 7.51. The topological polar surface area (TPSA) is 29.9 Å². The Morgan fingerprint density at radius 3 is 2.92 bits per heavy atom. The maximum Gasteiger partial charge on any atom is 0.202 e. The molecule has 0 fully saturated rings. The molecule has 1 heterocycles. The monoisotopic (exact) mass is 181 g/mol. The summed E-state index contributed by atoms with van der Waals surface area (Å²) in [6.45, 7) is 4.41. The summed E-state index contributed by atoms with van der Waals surface area (Å²) in [4.78, 5) is 4.22. The molecule has 0 amide bonds. The van der Waals surface area contributed by atoms with Gasteiger partial charge in [-0.15, -0.1) is 0 Å². The van der Waals surface area contributed by atoms with Crippen LogP contribution in [0, 0.1) is 0 Å². The lowest BCUT2D eigenvalue weighted by molar-refractivity contribution is 0.637. The van der Waals surface area contributed by atoms with E-state index in [1.54, 1.807) is 0 Å². The predicted octanol–water partition coefficient (Wildman–Crippen LogP) is 2.41. The van der Waals surface area contributed by atoms with E-state index in [0.717, 1.165) is 5.95 Å². The van der Waals surface area contributed by atoms with Gasteiger partial charge in [-0.1, -0.05) is 19.8 Å². The van der Waals surface area contributed by atoms with Crippen LogP contribution in [0.4, 0.5) is 5.95 Å². The van der Waals surface area contributed by atoms with Gasteiger partial charge >= 0.3 is 0 Å². The minimum absolute atomic E-state index is 0.515. The molecule has 0 aliphatic rings. The van der Waals surface area contributed by atoms with Crippen LogP contribution >= 0.6 is 0 Å². The molecule has 0 aliphatic carbocycles. The molecule has 0 radical (unpaired) electrons. The summed E-state index contributed by atoms with van der Waals surface area (Å²) < 4.78 is 2.00. The Labute approximate surface area is 80.2 Å². The van der Waals surface area contributed by atoms with Crippen LogP contribution in [0.3, 0.4) is 0 Å². The highest BCUT2D eigenvalue weighted by atomic mass is 15.2. The van der Waals surface area contributed by atoms with Gasteiger partial charge in [-0.3, -0.25) is 0 Å². The van der Waals surface area contributed by atoms with Crippen LogP contribution in [0.25, 0.3) is 0 Å². The zero-order chi connectivity index (χ0) is 9.68. The van der Waals surface area contributed by atoms with Gasteiger partial charge in [0, 0.05) is 25.5 Å². The van der Waals surface area contributed by atoms with Gasteiger partial charge in [-0.05, 0) is 13.3 Å². The number of hydrogen-bond donors (Lipinski definition) is 1. The van der Waals surface area contributed by atoms with Crippen molar-refractivity contribution in [3.63, 3.8) is 0 Å². The van der Waals surface area contributed by atoms with E-state index in [4.69, 9.17) is 0 Å². The van der Waals surface area contributed by atoms with Gasteiger partial charge in [0.25, 0.3) is 0 Å². The molecule has 0 saturated carbocycles. The lowest BCUT2D eigenvalue weighted by Gasteiger charge is -2.13. The molecule has 3 nitrogen and oxygen atoms in total. The summed E-state index contributed by atoms with van der Waals surface area (Å²) in [5, 5.41) is 3.38. The van der Waals surface area contributed by atoms with Gasteiger partial charge in [0.05, 0.1) is 0 Å². The van der Waals surface area contributed by atoms with Crippen molar-refractivity contribution >= 4 is 5.95 Å². The standard InChI is InChI=1S/C10H19N3/c1-4-5-6-9(2)12-10-11-7-8-13(10)3/h7-9H,4-6H2,1-3H3,(H,11,12). The molecule has 74 valence electrons. The molecule has 1 aromatic rings. The largest absolute Gasteiger partial charge is 0.353 e. The Balaban J connectivity index is 2.36. The Morgan fingerprint density at radius 2 is 2.38 bits per heavy atom. The minimum Gasteiger partial charge on any atom is -0.353 e. The average Bonchev–Trinajstić information content (AvgIpc) is 2.48. The van der Waals surface area contributed by atoms with E-state index < -0.39 is 0 Å². The second-order valence-electron chi connectivity index (χ2n) is 3.55. The van der Waals surface area contributed by atoms with Crippen molar-refractivity contribution in [1.29, 1.82) is 0 Å². The number of nitrogens with one attached hydrogen (secondary N) is 1. The van der Waals surface area contributed by atoms with Crippen LogP contribution in [-0.2, 0) is 7.05 Å². The van der Waals surface area contributed by atoms with E-state index in [2.05, 4.69) is 24.1 Å². The molecule has 1 rings (SSSR count). The molecule has 1 aromatic heterocycles. The molecular formula is C10H19N3. The zero-order valence-corrected chi connectivity index (χ0v) is 8.75. The lowest BCUT2D eigenvalue weighted by atomic mass is 10.1. The summed E-state index contributed by atoms with van der Waals surface area (Å²) in [5.41, 5.74) is 0. The molecule has 3 heteroatoms. The van der Waals surface area contributed by atoms with Gasteiger partial charge in [0.2, 0.25) is 5.95 Å². The van der Waals surface area contributed by atoms with Crippen LogP contribution in [0.1, 0.15) is 33.1 Å². The fourth-order valence-electron chi connectivity index (χ4n) is 1.31. The normalized spacial score (nSPS) is 12.8. The Bertz CT molecular complexity index is 242. The molecule has 0 spiro atoms. The Hall–Kier alpha value is -0.990. The van der Waals surface area contributed by atoms with Crippen LogP contribution in [-0.4, -0.2) is 15.6 Å². The van der Waals surface area contributed by atoms with Crippen molar-refractivity contribution in [3.8, 4) is 0 Å². The molecule has 0 aromatic carbocycles. The summed E-state index contributed by atoms with van der Waals surface area (Å²) in [5.74, 6) is 0.962. The fraction of sp³-hybridized carbons (Fsp3) is 0.700. The first-order valence-corrected chi connectivity index (χ1v) is 4.98. The second kappa shape index (κ2) is 4.90. The predicted molar refractivity (Wildman–Crippen MR) is 55.8 cm³/mol. The van der Waals surface area contributed by atoms with Crippen LogP contribution in [0.5, 0.6) is 0 Å². The smallest absolute Gasteiger partial charge is 0.202 e. The molecular weight excluding hydrogens is 162 g/mol. The first kappa shape index (κ1) is 10.1. The maximum atomic E-state index is 4.22. The van der Waals surface area contributed by atoms with Crippen molar-refractivity contribution in [3.05, 3.63) is 12.4 Å². The van der Waals surface area contributed by atoms with Gasteiger partial charge < -0.3 is 9.88 Å². The van der Waals surface area contributed by atoms with Crippen molar-refractivity contribution < 1.29 is 0 Å².